The molecule has 29 heavy (non-hydrogen) atoms. The number of methoxy groups -OCH3 is 1. The molecule has 7 nitrogen and oxygen atoms in total. The zero-order valence-electron chi connectivity index (χ0n) is 17.0. The minimum Gasteiger partial charge on any atom is -0.453 e. The zero-order valence-corrected chi connectivity index (χ0v) is 17.0. The van der Waals surface area contributed by atoms with Crippen molar-refractivity contribution in [1.29, 1.82) is 0 Å². The van der Waals surface area contributed by atoms with Gasteiger partial charge in [0.25, 0.3) is 0 Å². The van der Waals surface area contributed by atoms with Crippen molar-refractivity contribution in [2.75, 3.05) is 20.3 Å². The van der Waals surface area contributed by atoms with Crippen LogP contribution >= 0.6 is 0 Å². The van der Waals surface area contributed by atoms with Crippen LogP contribution in [0.1, 0.15) is 61.7 Å². The molecule has 4 rings (SSSR count). The van der Waals surface area contributed by atoms with E-state index in [0.29, 0.717) is 19.1 Å². The number of carbonyl (C=O) groups is 1. The Morgan fingerprint density at radius 3 is 2.66 bits per heavy atom. The van der Waals surface area contributed by atoms with Gasteiger partial charge < -0.3 is 14.4 Å². The van der Waals surface area contributed by atoms with Crippen LogP contribution in [0.25, 0.3) is 0 Å². The number of benzene rings is 1. The number of amides is 1. The van der Waals surface area contributed by atoms with Gasteiger partial charge in [-0.1, -0.05) is 30.3 Å². The Hall–Kier alpha value is -2.41. The first kappa shape index (κ1) is 19.9. The van der Waals surface area contributed by atoms with E-state index in [0.717, 1.165) is 44.3 Å². The molecule has 2 fully saturated rings. The summed E-state index contributed by atoms with van der Waals surface area (Å²) in [6.45, 7) is 1.19. The van der Waals surface area contributed by atoms with Crippen molar-refractivity contribution in [3.63, 3.8) is 0 Å². The smallest absolute Gasteiger partial charge is 0.409 e. The van der Waals surface area contributed by atoms with Crippen LogP contribution in [0.15, 0.2) is 36.7 Å². The molecule has 2 unspecified atom stereocenters. The van der Waals surface area contributed by atoms with Gasteiger partial charge in [-0.05, 0) is 50.0 Å². The summed E-state index contributed by atoms with van der Waals surface area (Å²) in [6.07, 6.45) is 7.74. The number of nitrogens with one attached hydrogen (secondary N) is 1. The molecule has 2 heterocycles. The molecule has 156 valence electrons. The molecule has 0 radical (unpaired) electrons. The van der Waals surface area contributed by atoms with Crippen molar-refractivity contribution in [2.24, 2.45) is 0 Å². The average Bonchev–Trinajstić information content (AvgIpc) is 3.32. The SMILES string of the molecule is COC(=O)N1CCCC(c2ncn[nH]2)C1CO[C@H]1CC[C@@H](c2ccccc2)CC1. The minimum atomic E-state index is -0.296. The van der Waals surface area contributed by atoms with Crippen molar-refractivity contribution in [1.82, 2.24) is 20.1 Å². The maximum atomic E-state index is 12.3. The van der Waals surface area contributed by atoms with Crippen molar-refractivity contribution in [3.05, 3.63) is 48.0 Å². The van der Waals surface area contributed by atoms with Crippen LogP contribution in [0.5, 0.6) is 0 Å². The minimum absolute atomic E-state index is 0.0870. The van der Waals surface area contributed by atoms with Gasteiger partial charge in [0.05, 0.1) is 25.9 Å². The topological polar surface area (TPSA) is 80.3 Å². The van der Waals surface area contributed by atoms with Crippen LogP contribution in [-0.2, 0) is 9.47 Å². The number of piperidine rings is 1. The lowest BCUT2D eigenvalue weighted by Gasteiger charge is -2.40. The summed E-state index contributed by atoms with van der Waals surface area (Å²) in [5, 5.41) is 6.98. The number of ether oxygens (including phenoxy) is 2. The molecule has 2 aromatic rings. The largest absolute Gasteiger partial charge is 0.453 e. The fourth-order valence-electron chi connectivity index (χ4n) is 4.84. The molecule has 1 aromatic carbocycles. The highest BCUT2D eigenvalue weighted by Crippen LogP contribution is 2.35. The summed E-state index contributed by atoms with van der Waals surface area (Å²) in [5.74, 6) is 1.53. The first-order valence-electron chi connectivity index (χ1n) is 10.6. The molecule has 2 aliphatic rings. The molecule has 1 saturated carbocycles. The monoisotopic (exact) mass is 398 g/mol. The van der Waals surface area contributed by atoms with Gasteiger partial charge in [0.2, 0.25) is 0 Å². The maximum Gasteiger partial charge on any atom is 0.409 e. The molecule has 7 heteroatoms. The van der Waals surface area contributed by atoms with E-state index in [2.05, 4.69) is 45.5 Å². The number of likely N-dealkylation sites (tertiary alicyclic amines) is 1. The Labute approximate surface area is 171 Å². The summed E-state index contributed by atoms with van der Waals surface area (Å²) in [5.41, 5.74) is 1.43. The fraction of sp³-hybridized carbons (Fsp3) is 0.591. The Morgan fingerprint density at radius 1 is 1.17 bits per heavy atom. The first-order valence-corrected chi connectivity index (χ1v) is 10.6. The van der Waals surface area contributed by atoms with Gasteiger partial charge in [-0.2, -0.15) is 5.10 Å². The maximum absolute atomic E-state index is 12.3. The van der Waals surface area contributed by atoms with E-state index in [1.54, 1.807) is 4.90 Å². The molecule has 1 N–H and O–H groups in total. The second-order valence-corrected chi connectivity index (χ2v) is 8.07. The van der Waals surface area contributed by atoms with Crippen LogP contribution in [0.4, 0.5) is 4.79 Å². The predicted octanol–water partition coefficient (Wildman–Crippen LogP) is 3.86. The second kappa shape index (κ2) is 9.39. The van der Waals surface area contributed by atoms with Crippen molar-refractivity contribution in [3.8, 4) is 0 Å². The Kier molecular flexibility index (Phi) is 6.44. The third kappa shape index (κ3) is 4.61. The van der Waals surface area contributed by atoms with Crippen LogP contribution in [0, 0.1) is 0 Å². The average molecular weight is 399 g/mol. The fourth-order valence-corrected chi connectivity index (χ4v) is 4.84. The van der Waals surface area contributed by atoms with Gasteiger partial charge in [-0.3, -0.25) is 5.10 Å². The Balaban J connectivity index is 1.37. The lowest BCUT2D eigenvalue weighted by atomic mass is 9.82. The molecule has 0 bridgehead atoms. The van der Waals surface area contributed by atoms with Crippen LogP contribution < -0.4 is 0 Å². The van der Waals surface area contributed by atoms with E-state index in [9.17, 15) is 4.79 Å². The highest BCUT2D eigenvalue weighted by atomic mass is 16.5. The number of rotatable bonds is 5. The van der Waals surface area contributed by atoms with E-state index in [4.69, 9.17) is 9.47 Å². The van der Waals surface area contributed by atoms with Crippen LogP contribution in [0.2, 0.25) is 0 Å². The molecule has 2 atom stereocenters. The summed E-state index contributed by atoms with van der Waals surface area (Å²) >= 11 is 0. The van der Waals surface area contributed by atoms with Gasteiger partial charge in [0, 0.05) is 12.5 Å². The molecule has 1 aliphatic carbocycles. The summed E-state index contributed by atoms with van der Waals surface area (Å²) in [6, 6.07) is 10.7. The Morgan fingerprint density at radius 2 is 1.97 bits per heavy atom. The number of H-pyrrole nitrogens is 1. The van der Waals surface area contributed by atoms with Crippen molar-refractivity contribution >= 4 is 6.09 Å². The molecule has 1 amide bonds. The number of aromatic amines is 1. The van der Waals surface area contributed by atoms with E-state index in [1.807, 2.05) is 0 Å². The lowest BCUT2D eigenvalue weighted by molar-refractivity contribution is -0.0246. The van der Waals surface area contributed by atoms with Gasteiger partial charge in [-0.25, -0.2) is 9.78 Å². The summed E-state index contributed by atoms with van der Waals surface area (Å²) in [4.78, 5) is 18.5. The zero-order chi connectivity index (χ0) is 20.1. The molecular weight excluding hydrogens is 368 g/mol. The highest BCUT2D eigenvalue weighted by Gasteiger charge is 2.38. The predicted molar refractivity (Wildman–Crippen MR) is 109 cm³/mol. The molecule has 1 saturated heterocycles. The van der Waals surface area contributed by atoms with Crippen LogP contribution in [-0.4, -0.2) is 58.6 Å². The third-order valence-corrected chi connectivity index (χ3v) is 6.42. The summed E-state index contributed by atoms with van der Waals surface area (Å²) < 4.78 is 11.4. The van der Waals surface area contributed by atoms with Gasteiger partial charge in [0.1, 0.15) is 12.2 Å². The summed E-state index contributed by atoms with van der Waals surface area (Å²) in [7, 11) is 1.43. The standard InChI is InChI=1S/C22H30N4O3/c1-28-22(27)26-13-5-8-19(21-23-15-24-25-21)20(26)14-29-18-11-9-17(10-12-18)16-6-3-2-4-7-16/h2-4,6-7,15,17-20H,5,8-14H2,1H3,(H,23,24,25)/t17-,18+,19?,20?. The van der Waals surface area contributed by atoms with Crippen molar-refractivity contribution < 1.29 is 14.3 Å². The van der Waals surface area contributed by atoms with E-state index >= 15 is 0 Å². The normalized spacial score (nSPS) is 27.6. The number of nitrogens with zero attached hydrogens (tertiary/aromatic N) is 3. The van der Waals surface area contributed by atoms with Crippen LogP contribution in [0.3, 0.4) is 0 Å². The number of hydrogen-bond donors (Lipinski definition) is 1. The first-order chi connectivity index (χ1) is 14.3. The van der Waals surface area contributed by atoms with Gasteiger partial charge >= 0.3 is 6.09 Å². The molecule has 1 aliphatic heterocycles. The lowest BCUT2D eigenvalue weighted by Crippen LogP contribution is -2.50. The van der Waals surface area contributed by atoms with Gasteiger partial charge in [-0.15, -0.1) is 0 Å². The van der Waals surface area contributed by atoms with E-state index in [-0.39, 0.29) is 24.2 Å². The quantitative estimate of drug-likeness (QED) is 0.827. The Bertz CT molecular complexity index is 760. The number of hydrogen-bond acceptors (Lipinski definition) is 5. The molecule has 1 aromatic heterocycles. The number of carbonyl (C=O) groups excluding carboxylic acids is 1. The second-order valence-electron chi connectivity index (χ2n) is 8.07. The highest BCUT2D eigenvalue weighted by molar-refractivity contribution is 5.68. The van der Waals surface area contributed by atoms with E-state index in [1.165, 1.54) is 19.0 Å². The third-order valence-electron chi connectivity index (χ3n) is 6.42. The number of aromatic nitrogens is 3. The molecular formula is C22H30N4O3. The van der Waals surface area contributed by atoms with Crippen molar-refractivity contribution in [2.45, 2.75) is 62.5 Å². The molecule has 0 spiro atoms. The van der Waals surface area contributed by atoms with E-state index < -0.39 is 0 Å². The van der Waals surface area contributed by atoms with Gasteiger partial charge in [0.15, 0.2) is 0 Å².